The molecule has 0 radical (unpaired) electrons. The molecule has 1 saturated carbocycles. The Morgan fingerprint density at radius 2 is 2.19 bits per heavy atom. The fourth-order valence-corrected chi connectivity index (χ4v) is 2.67. The van der Waals surface area contributed by atoms with Gasteiger partial charge in [0, 0.05) is 38.2 Å². The van der Waals surface area contributed by atoms with Crippen LogP contribution in [0.4, 0.5) is 5.82 Å². The molecule has 1 aromatic rings. The summed E-state index contributed by atoms with van der Waals surface area (Å²) in [6.45, 7) is 1.06. The normalized spacial score (nSPS) is 21.0. The van der Waals surface area contributed by atoms with E-state index in [1.54, 1.807) is 17.0 Å². The lowest BCUT2D eigenvalue weighted by Gasteiger charge is -2.33. The van der Waals surface area contributed by atoms with E-state index in [-0.39, 0.29) is 24.0 Å². The number of nitrogens with zero attached hydrogens (tertiary/aromatic N) is 2. The summed E-state index contributed by atoms with van der Waals surface area (Å²) in [6, 6.07) is 0.276. The first-order chi connectivity index (χ1) is 10.1. The number of aromatic nitrogens is 2. The Kier molecular flexibility index (Phi) is 3.67. The second-order valence-electron chi connectivity index (χ2n) is 5.77. The van der Waals surface area contributed by atoms with Crippen LogP contribution in [0.2, 0.25) is 0 Å². The zero-order valence-electron chi connectivity index (χ0n) is 11.7. The van der Waals surface area contributed by atoms with Crippen molar-refractivity contribution in [2.24, 2.45) is 5.41 Å². The Balaban J connectivity index is 1.76. The molecule has 2 fully saturated rings. The van der Waals surface area contributed by atoms with Crippen molar-refractivity contribution in [2.75, 3.05) is 25.1 Å². The third-order valence-corrected chi connectivity index (χ3v) is 4.31. The van der Waals surface area contributed by atoms with Crippen LogP contribution in [-0.2, 0) is 9.53 Å². The SMILES string of the molecule is O=C(O)C1(CNc2nccn(C3CC3)c2=O)CCOCC1. The molecule has 0 unspecified atom stereocenters. The molecular formula is C14H19N3O4. The number of carboxylic acids is 1. The van der Waals surface area contributed by atoms with Gasteiger partial charge in [0.25, 0.3) is 5.56 Å². The maximum absolute atomic E-state index is 12.3. The Hall–Kier alpha value is -1.89. The first-order valence-corrected chi connectivity index (χ1v) is 7.25. The zero-order valence-corrected chi connectivity index (χ0v) is 11.7. The monoisotopic (exact) mass is 293 g/mol. The lowest BCUT2D eigenvalue weighted by Crippen LogP contribution is -2.43. The molecule has 0 bridgehead atoms. The molecule has 1 aliphatic heterocycles. The highest BCUT2D eigenvalue weighted by molar-refractivity contribution is 5.75. The summed E-state index contributed by atoms with van der Waals surface area (Å²) in [4.78, 5) is 27.9. The summed E-state index contributed by atoms with van der Waals surface area (Å²) >= 11 is 0. The minimum Gasteiger partial charge on any atom is -0.481 e. The summed E-state index contributed by atoms with van der Waals surface area (Å²) in [5.74, 6) is -0.617. The second kappa shape index (κ2) is 5.48. The molecule has 3 rings (SSSR count). The molecule has 0 spiro atoms. The van der Waals surface area contributed by atoms with Gasteiger partial charge >= 0.3 is 5.97 Å². The lowest BCUT2D eigenvalue weighted by atomic mass is 9.80. The van der Waals surface area contributed by atoms with Crippen LogP contribution in [0.25, 0.3) is 0 Å². The summed E-state index contributed by atoms with van der Waals surface area (Å²) < 4.78 is 6.91. The van der Waals surface area contributed by atoms with E-state index in [4.69, 9.17) is 4.74 Å². The van der Waals surface area contributed by atoms with Crippen molar-refractivity contribution < 1.29 is 14.6 Å². The topological polar surface area (TPSA) is 93.5 Å². The minimum absolute atomic E-state index is 0.174. The number of carbonyl (C=O) groups is 1. The fraction of sp³-hybridized carbons (Fsp3) is 0.643. The van der Waals surface area contributed by atoms with Gasteiger partial charge in [0.1, 0.15) is 0 Å². The first kappa shape index (κ1) is 14.1. The number of carboxylic acid groups (broad SMARTS) is 1. The van der Waals surface area contributed by atoms with Gasteiger partial charge in [-0.05, 0) is 25.7 Å². The van der Waals surface area contributed by atoms with Crippen LogP contribution in [-0.4, -0.2) is 40.4 Å². The summed E-state index contributed by atoms with van der Waals surface area (Å²) in [5, 5.41) is 12.4. The molecule has 7 heteroatoms. The number of hydrogen-bond donors (Lipinski definition) is 2. The van der Waals surface area contributed by atoms with E-state index in [1.807, 2.05) is 0 Å². The third kappa shape index (κ3) is 2.78. The van der Waals surface area contributed by atoms with Crippen LogP contribution in [0.1, 0.15) is 31.7 Å². The predicted octanol–water partition coefficient (Wildman–Crippen LogP) is 0.871. The number of hydrogen-bond acceptors (Lipinski definition) is 5. The lowest BCUT2D eigenvalue weighted by molar-refractivity contribution is -0.153. The van der Waals surface area contributed by atoms with E-state index >= 15 is 0 Å². The largest absolute Gasteiger partial charge is 0.481 e. The minimum atomic E-state index is -0.882. The van der Waals surface area contributed by atoms with Crippen LogP contribution in [0.5, 0.6) is 0 Å². The highest BCUT2D eigenvalue weighted by Gasteiger charge is 2.40. The summed E-state index contributed by atoms with van der Waals surface area (Å²) in [7, 11) is 0. The van der Waals surface area contributed by atoms with E-state index in [0.717, 1.165) is 12.8 Å². The molecule has 2 N–H and O–H groups in total. The zero-order chi connectivity index (χ0) is 14.9. The Bertz CT molecular complexity index is 588. The predicted molar refractivity (Wildman–Crippen MR) is 75.4 cm³/mol. The van der Waals surface area contributed by atoms with E-state index < -0.39 is 11.4 Å². The van der Waals surface area contributed by atoms with Gasteiger partial charge in [-0.2, -0.15) is 0 Å². The maximum Gasteiger partial charge on any atom is 0.311 e. The molecule has 1 aliphatic carbocycles. The Morgan fingerprint density at radius 1 is 1.48 bits per heavy atom. The summed E-state index contributed by atoms with van der Waals surface area (Å²) in [6.07, 6.45) is 6.18. The van der Waals surface area contributed by atoms with Crippen molar-refractivity contribution in [3.05, 3.63) is 22.7 Å². The van der Waals surface area contributed by atoms with Crippen LogP contribution < -0.4 is 10.9 Å². The molecule has 2 heterocycles. The van der Waals surface area contributed by atoms with Gasteiger partial charge in [0.05, 0.1) is 5.41 Å². The van der Waals surface area contributed by atoms with Crippen molar-refractivity contribution >= 4 is 11.8 Å². The van der Waals surface area contributed by atoms with Gasteiger partial charge in [-0.1, -0.05) is 0 Å². The molecule has 2 aliphatic rings. The molecule has 0 atom stereocenters. The quantitative estimate of drug-likeness (QED) is 0.836. The highest BCUT2D eigenvalue weighted by Crippen LogP contribution is 2.33. The standard InChI is InChI=1S/C14H19N3O4/c18-12-11(15-5-6-17(12)10-1-2-10)16-9-14(13(19)20)3-7-21-8-4-14/h5-6,10H,1-4,7-9H2,(H,15,16)(H,19,20). The molecule has 7 nitrogen and oxygen atoms in total. The molecule has 1 aromatic heterocycles. The van der Waals surface area contributed by atoms with Crippen LogP contribution in [0.15, 0.2) is 17.2 Å². The van der Waals surface area contributed by atoms with Crippen LogP contribution >= 0.6 is 0 Å². The van der Waals surface area contributed by atoms with Gasteiger partial charge in [-0.15, -0.1) is 0 Å². The molecule has 1 saturated heterocycles. The fourth-order valence-electron chi connectivity index (χ4n) is 2.67. The van der Waals surface area contributed by atoms with Gasteiger partial charge in [0.15, 0.2) is 5.82 Å². The van der Waals surface area contributed by atoms with E-state index in [9.17, 15) is 14.7 Å². The van der Waals surface area contributed by atoms with Crippen molar-refractivity contribution in [2.45, 2.75) is 31.7 Å². The average molecular weight is 293 g/mol. The first-order valence-electron chi connectivity index (χ1n) is 7.25. The second-order valence-corrected chi connectivity index (χ2v) is 5.77. The van der Waals surface area contributed by atoms with Crippen molar-refractivity contribution in [1.82, 2.24) is 9.55 Å². The average Bonchev–Trinajstić information content (AvgIpc) is 3.32. The Morgan fingerprint density at radius 3 is 2.81 bits per heavy atom. The Labute approximate surface area is 121 Å². The molecule has 0 aromatic carbocycles. The molecule has 0 amide bonds. The summed E-state index contributed by atoms with van der Waals surface area (Å²) in [5.41, 5.74) is -1.06. The van der Waals surface area contributed by atoms with Crippen molar-refractivity contribution in [3.8, 4) is 0 Å². The van der Waals surface area contributed by atoms with Gasteiger partial charge < -0.3 is 19.7 Å². The smallest absolute Gasteiger partial charge is 0.311 e. The number of aliphatic carboxylic acids is 1. The number of rotatable bonds is 5. The van der Waals surface area contributed by atoms with Gasteiger partial charge in [-0.25, -0.2) is 4.98 Å². The molecule has 114 valence electrons. The van der Waals surface area contributed by atoms with Crippen molar-refractivity contribution in [3.63, 3.8) is 0 Å². The number of anilines is 1. The molecule has 21 heavy (non-hydrogen) atoms. The third-order valence-electron chi connectivity index (χ3n) is 4.31. The molecular weight excluding hydrogens is 274 g/mol. The van der Waals surface area contributed by atoms with Gasteiger partial charge in [0.2, 0.25) is 0 Å². The van der Waals surface area contributed by atoms with E-state index in [2.05, 4.69) is 10.3 Å². The number of nitrogens with one attached hydrogen (secondary N) is 1. The van der Waals surface area contributed by atoms with E-state index in [1.165, 1.54) is 0 Å². The van der Waals surface area contributed by atoms with Gasteiger partial charge in [-0.3, -0.25) is 9.59 Å². The van der Waals surface area contributed by atoms with E-state index in [0.29, 0.717) is 26.1 Å². The van der Waals surface area contributed by atoms with Crippen LogP contribution in [0.3, 0.4) is 0 Å². The van der Waals surface area contributed by atoms with Crippen LogP contribution in [0, 0.1) is 5.41 Å². The number of ether oxygens (including phenoxy) is 1. The van der Waals surface area contributed by atoms with Crippen molar-refractivity contribution in [1.29, 1.82) is 0 Å². The maximum atomic E-state index is 12.3. The highest BCUT2D eigenvalue weighted by atomic mass is 16.5.